The number of carbonyl (C=O) groups is 1. The van der Waals surface area contributed by atoms with E-state index in [0.29, 0.717) is 6.42 Å². The van der Waals surface area contributed by atoms with Crippen molar-refractivity contribution in [1.29, 1.82) is 0 Å². The van der Waals surface area contributed by atoms with Crippen LogP contribution in [0.2, 0.25) is 0 Å². The Morgan fingerprint density at radius 2 is 1.89 bits per heavy atom. The molecule has 0 aliphatic carbocycles. The van der Waals surface area contributed by atoms with Crippen molar-refractivity contribution in [2.24, 2.45) is 0 Å². The summed E-state index contributed by atoms with van der Waals surface area (Å²) in [5, 5.41) is 0. The van der Waals surface area contributed by atoms with Gasteiger partial charge in [0.25, 0.3) is 0 Å². The van der Waals surface area contributed by atoms with Gasteiger partial charge in [-0.3, -0.25) is 4.79 Å². The van der Waals surface area contributed by atoms with Crippen LogP contribution < -0.4 is 0 Å². The Morgan fingerprint density at radius 3 is 2.44 bits per heavy atom. The van der Waals surface area contributed by atoms with Crippen LogP contribution in [-0.4, -0.2) is 37.1 Å². The van der Waals surface area contributed by atoms with E-state index in [9.17, 15) is 4.79 Å². The van der Waals surface area contributed by atoms with Gasteiger partial charge >= 0.3 is 0 Å². The number of carbonyl (C=O) groups excluding carboxylic acids is 1. The minimum Gasteiger partial charge on any atom is -0.309 e. The summed E-state index contributed by atoms with van der Waals surface area (Å²) in [5.41, 5.74) is 0.842. The highest BCUT2D eigenvalue weighted by atomic mass is 32.2. The van der Waals surface area contributed by atoms with Crippen LogP contribution in [0.1, 0.15) is 36.5 Å². The molecule has 0 amide bonds. The lowest BCUT2D eigenvalue weighted by Gasteiger charge is -2.08. The predicted molar refractivity (Wildman–Crippen MR) is 79.6 cm³/mol. The Kier molecular flexibility index (Phi) is 7.06. The molecule has 2 nitrogen and oxygen atoms in total. The van der Waals surface area contributed by atoms with Gasteiger partial charge in [0.2, 0.25) is 0 Å². The summed E-state index contributed by atoms with van der Waals surface area (Å²) < 4.78 is 0. The minimum atomic E-state index is 0.252. The summed E-state index contributed by atoms with van der Waals surface area (Å²) in [7, 11) is 4.19. The van der Waals surface area contributed by atoms with Gasteiger partial charge in [-0.05, 0) is 51.4 Å². The fraction of sp³-hybridized carbons (Fsp3) is 0.533. The van der Waals surface area contributed by atoms with Gasteiger partial charge in [0, 0.05) is 16.9 Å². The molecule has 0 spiro atoms. The van der Waals surface area contributed by atoms with Crippen molar-refractivity contribution in [1.82, 2.24) is 4.90 Å². The van der Waals surface area contributed by atoms with E-state index in [1.54, 1.807) is 0 Å². The first-order valence-corrected chi connectivity index (χ1v) is 7.53. The van der Waals surface area contributed by atoms with Crippen LogP contribution in [-0.2, 0) is 0 Å². The summed E-state index contributed by atoms with van der Waals surface area (Å²) in [6.45, 7) is 3.16. The maximum absolute atomic E-state index is 11.7. The Hall–Kier alpha value is -0.800. The summed E-state index contributed by atoms with van der Waals surface area (Å²) in [4.78, 5) is 15.1. The molecule has 0 bridgehead atoms. The topological polar surface area (TPSA) is 20.3 Å². The SMILES string of the molecule is CCCC(=O)c1ccc(SCCCN(C)C)cc1. The van der Waals surface area contributed by atoms with Crippen LogP contribution in [0, 0.1) is 0 Å². The van der Waals surface area contributed by atoms with Gasteiger partial charge in [-0.15, -0.1) is 11.8 Å². The number of benzene rings is 1. The molecule has 0 radical (unpaired) electrons. The Labute approximate surface area is 115 Å². The van der Waals surface area contributed by atoms with Crippen LogP contribution in [0.25, 0.3) is 0 Å². The first-order valence-electron chi connectivity index (χ1n) is 6.54. The number of Topliss-reactive ketones (excluding diaryl/α,β-unsaturated/α-hetero) is 1. The van der Waals surface area contributed by atoms with E-state index in [1.807, 2.05) is 30.8 Å². The second-order valence-corrected chi connectivity index (χ2v) is 5.87. The maximum Gasteiger partial charge on any atom is 0.162 e. The molecule has 0 N–H and O–H groups in total. The average Bonchev–Trinajstić information content (AvgIpc) is 2.35. The second-order valence-electron chi connectivity index (χ2n) is 4.70. The van der Waals surface area contributed by atoms with E-state index in [-0.39, 0.29) is 5.78 Å². The molecule has 0 aromatic heterocycles. The van der Waals surface area contributed by atoms with Gasteiger partial charge in [0.1, 0.15) is 0 Å². The van der Waals surface area contributed by atoms with E-state index in [0.717, 1.165) is 24.3 Å². The first-order chi connectivity index (χ1) is 8.63. The fourth-order valence-corrected chi connectivity index (χ4v) is 2.52. The van der Waals surface area contributed by atoms with E-state index in [1.165, 1.54) is 11.3 Å². The molecule has 1 aromatic rings. The van der Waals surface area contributed by atoms with Crippen LogP contribution in [0.4, 0.5) is 0 Å². The van der Waals surface area contributed by atoms with Crippen molar-refractivity contribution in [3.05, 3.63) is 29.8 Å². The largest absolute Gasteiger partial charge is 0.309 e. The lowest BCUT2D eigenvalue weighted by Crippen LogP contribution is -2.13. The van der Waals surface area contributed by atoms with Crippen molar-refractivity contribution in [3.63, 3.8) is 0 Å². The number of hydrogen-bond donors (Lipinski definition) is 0. The highest BCUT2D eigenvalue weighted by Crippen LogP contribution is 2.19. The fourth-order valence-electron chi connectivity index (χ4n) is 1.68. The molecular weight excluding hydrogens is 242 g/mol. The molecule has 0 aliphatic heterocycles. The summed E-state index contributed by atoms with van der Waals surface area (Å²) in [6.07, 6.45) is 2.75. The smallest absolute Gasteiger partial charge is 0.162 e. The summed E-state index contributed by atoms with van der Waals surface area (Å²) in [5.74, 6) is 1.38. The highest BCUT2D eigenvalue weighted by molar-refractivity contribution is 7.99. The molecule has 18 heavy (non-hydrogen) atoms. The second kappa shape index (κ2) is 8.33. The van der Waals surface area contributed by atoms with Gasteiger partial charge in [-0.25, -0.2) is 0 Å². The van der Waals surface area contributed by atoms with Crippen molar-refractivity contribution >= 4 is 17.5 Å². The number of nitrogens with zero attached hydrogens (tertiary/aromatic N) is 1. The van der Waals surface area contributed by atoms with Gasteiger partial charge in [-0.1, -0.05) is 19.1 Å². The van der Waals surface area contributed by atoms with E-state index in [2.05, 4.69) is 31.1 Å². The quantitative estimate of drug-likeness (QED) is 0.406. The molecule has 100 valence electrons. The normalized spacial score (nSPS) is 10.9. The van der Waals surface area contributed by atoms with Crippen molar-refractivity contribution < 1.29 is 4.79 Å². The van der Waals surface area contributed by atoms with E-state index in [4.69, 9.17) is 0 Å². The monoisotopic (exact) mass is 265 g/mol. The van der Waals surface area contributed by atoms with Crippen LogP contribution in [0.5, 0.6) is 0 Å². The number of hydrogen-bond acceptors (Lipinski definition) is 3. The molecule has 0 aliphatic rings. The van der Waals surface area contributed by atoms with Gasteiger partial charge in [0.15, 0.2) is 5.78 Å². The molecule has 0 unspecified atom stereocenters. The standard InChI is InChI=1S/C15H23NOS/c1-4-6-15(17)13-7-9-14(10-8-13)18-12-5-11-16(2)3/h7-10H,4-6,11-12H2,1-3H3. The first kappa shape index (κ1) is 15.3. The summed E-state index contributed by atoms with van der Waals surface area (Å²) in [6, 6.07) is 8.02. The third kappa shape index (κ3) is 5.69. The molecule has 0 heterocycles. The third-order valence-corrected chi connectivity index (χ3v) is 3.77. The lowest BCUT2D eigenvalue weighted by atomic mass is 10.1. The molecule has 3 heteroatoms. The van der Waals surface area contributed by atoms with Gasteiger partial charge < -0.3 is 4.90 Å². The number of thioether (sulfide) groups is 1. The number of ketones is 1. The molecule has 1 rings (SSSR count). The molecular formula is C15H23NOS. The molecule has 0 atom stereocenters. The molecule has 1 aromatic carbocycles. The Balaban J connectivity index is 2.38. The summed E-state index contributed by atoms with van der Waals surface area (Å²) >= 11 is 1.86. The molecule has 0 saturated carbocycles. The predicted octanol–water partition coefficient (Wildman–Crippen LogP) is 3.71. The van der Waals surface area contributed by atoms with E-state index < -0.39 is 0 Å². The average molecular weight is 265 g/mol. The lowest BCUT2D eigenvalue weighted by molar-refractivity contribution is 0.0981. The number of rotatable bonds is 8. The maximum atomic E-state index is 11.7. The molecule has 0 fully saturated rings. The van der Waals surface area contributed by atoms with Crippen LogP contribution in [0.3, 0.4) is 0 Å². The highest BCUT2D eigenvalue weighted by Gasteiger charge is 2.04. The third-order valence-electron chi connectivity index (χ3n) is 2.67. The van der Waals surface area contributed by atoms with Crippen LogP contribution >= 0.6 is 11.8 Å². The van der Waals surface area contributed by atoms with Crippen molar-refractivity contribution in [2.45, 2.75) is 31.1 Å². The Bertz CT molecular complexity index is 359. The zero-order valence-electron chi connectivity index (χ0n) is 11.6. The minimum absolute atomic E-state index is 0.252. The van der Waals surface area contributed by atoms with Crippen molar-refractivity contribution in [2.75, 3.05) is 26.4 Å². The zero-order chi connectivity index (χ0) is 13.4. The Morgan fingerprint density at radius 1 is 1.22 bits per heavy atom. The van der Waals surface area contributed by atoms with Gasteiger partial charge in [0.05, 0.1) is 0 Å². The molecule has 0 saturated heterocycles. The van der Waals surface area contributed by atoms with Gasteiger partial charge in [-0.2, -0.15) is 0 Å². The van der Waals surface area contributed by atoms with Crippen molar-refractivity contribution in [3.8, 4) is 0 Å². The van der Waals surface area contributed by atoms with E-state index >= 15 is 0 Å². The zero-order valence-corrected chi connectivity index (χ0v) is 12.4. The van der Waals surface area contributed by atoms with Crippen LogP contribution in [0.15, 0.2) is 29.2 Å².